The van der Waals surface area contributed by atoms with Crippen LogP contribution >= 0.6 is 22.6 Å². The summed E-state index contributed by atoms with van der Waals surface area (Å²) in [5, 5.41) is 3.33. The summed E-state index contributed by atoms with van der Waals surface area (Å²) in [6.45, 7) is 11.4. The fraction of sp³-hybridized carbons (Fsp3) is 0.438. The zero-order valence-electron chi connectivity index (χ0n) is 13.2. The number of rotatable bonds is 3. The Kier molecular flexibility index (Phi) is 4.81. The Labute approximate surface area is 140 Å². The second kappa shape index (κ2) is 6.25. The van der Waals surface area contributed by atoms with Crippen LogP contribution in [-0.2, 0) is 5.41 Å². The lowest BCUT2D eigenvalue weighted by atomic mass is 9.92. The van der Waals surface area contributed by atoms with Crippen LogP contribution in [0, 0.1) is 10.5 Å². The van der Waals surface area contributed by atoms with Gasteiger partial charge in [0.05, 0.1) is 9.26 Å². The molecule has 0 fully saturated rings. The molecule has 0 unspecified atom stereocenters. The maximum Gasteiger partial charge on any atom is 0.180 e. The molecular formula is C16H21IN4. The van der Waals surface area contributed by atoms with E-state index in [1.807, 2.05) is 25.1 Å². The van der Waals surface area contributed by atoms with Gasteiger partial charge in [0, 0.05) is 17.7 Å². The lowest BCUT2D eigenvalue weighted by Crippen LogP contribution is -2.19. The average Bonchev–Trinajstić information content (AvgIpc) is 2.40. The van der Waals surface area contributed by atoms with Gasteiger partial charge in [-0.2, -0.15) is 0 Å². The maximum atomic E-state index is 4.78. The van der Waals surface area contributed by atoms with Crippen molar-refractivity contribution in [3.63, 3.8) is 0 Å². The van der Waals surface area contributed by atoms with E-state index < -0.39 is 0 Å². The number of halogens is 1. The standard InChI is InChI=1S/C16H21IN4/c1-6-18-15-12(17)13(16(3,4)5)20-14(21-15)11-9-7-8-10(2)19-11/h7-9H,6H2,1-5H3,(H,18,20,21). The number of pyridine rings is 1. The third-order valence-corrected chi connectivity index (χ3v) is 4.05. The molecule has 0 amide bonds. The fourth-order valence-corrected chi connectivity index (χ4v) is 3.25. The van der Waals surface area contributed by atoms with Crippen LogP contribution in [0.3, 0.4) is 0 Å². The van der Waals surface area contributed by atoms with Gasteiger partial charge in [-0.1, -0.05) is 26.8 Å². The van der Waals surface area contributed by atoms with Crippen LogP contribution in [0.25, 0.3) is 11.5 Å². The summed E-state index contributed by atoms with van der Waals surface area (Å²) in [6, 6.07) is 5.92. The zero-order valence-corrected chi connectivity index (χ0v) is 15.3. The van der Waals surface area contributed by atoms with Crippen LogP contribution in [-0.4, -0.2) is 21.5 Å². The summed E-state index contributed by atoms with van der Waals surface area (Å²) in [4.78, 5) is 14.0. The van der Waals surface area contributed by atoms with Crippen LogP contribution in [0.15, 0.2) is 18.2 Å². The first-order valence-electron chi connectivity index (χ1n) is 7.09. The molecule has 1 N–H and O–H groups in total. The Morgan fingerprint density at radius 2 is 1.86 bits per heavy atom. The number of hydrogen-bond acceptors (Lipinski definition) is 4. The Bertz CT molecular complexity index is 647. The number of aryl methyl sites for hydroxylation is 1. The molecule has 2 rings (SSSR count). The highest BCUT2D eigenvalue weighted by Gasteiger charge is 2.23. The summed E-state index contributed by atoms with van der Waals surface area (Å²) in [5.74, 6) is 1.57. The molecule has 0 aliphatic heterocycles. The zero-order chi connectivity index (χ0) is 15.6. The molecule has 21 heavy (non-hydrogen) atoms. The Hall–Kier alpha value is -1.24. The van der Waals surface area contributed by atoms with E-state index in [9.17, 15) is 0 Å². The van der Waals surface area contributed by atoms with E-state index in [0.29, 0.717) is 5.82 Å². The molecule has 0 aromatic carbocycles. The molecule has 0 saturated carbocycles. The van der Waals surface area contributed by atoms with Crippen molar-refractivity contribution in [3.8, 4) is 11.5 Å². The minimum Gasteiger partial charge on any atom is -0.369 e. The summed E-state index contributed by atoms with van der Waals surface area (Å²) >= 11 is 2.32. The van der Waals surface area contributed by atoms with Gasteiger partial charge < -0.3 is 5.32 Å². The fourth-order valence-electron chi connectivity index (χ4n) is 2.01. The quantitative estimate of drug-likeness (QED) is 0.791. The van der Waals surface area contributed by atoms with Gasteiger partial charge in [-0.25, -0.2) is 15.0 Å². The first-order chi connectivity index (χ1) is 9.82. The van der Waals surface area contributed by atoms with E-state index in [4.69, 9.17) is 4.98 Å². The molecule has 0 radical (unpaired) electrons. The predicted octanol–water partition coefficient (Wildman–Crippen LogP) is 4.18. The summed E-state index contributed by atoms with van der Waals surface area (Å²) in [6.07, 6.45) is 0. The van der Waals surface area contributed by atoms with Crippen molar-refractivity contribution in [1.29, 1.82) is 0 Å². The Balaban J connectivity index is 2.64. The van der Waals surface area contributed by atoms with Crippen molar-refractivity contribution in [3.05, 3.63) is 33.2 Å². The summed E-state index contributed by atoms with van der Waals surface area (Å²) in [5.41, 5.74) is 2.79. The minimum absolute atomic E-state index is 0.0395. The van der Waals surface area contributed by atoms with Gasteiger partial charge in [-0.15, -0.1) is 0 Å². The van der Waals surface area contributed by atoms with Crippen LogP contribution in [0.2, 0.25) is 0 Å². The molecule has 2 heterocycles. The molecule has 0 bridgehead atoms. The molecule has 5 heteroatoms. The van der Waals surface area contributed by atoms with Gasteiger partial charge in [0.2, 0.25) is 0 Å². The van der Waals surface area contributed by atoms with Crippen LogP contribution in [0.1, 0.15) is 39.1 Å². The van der Waals surface area contributed by atoms with Gasteiger partial charge in [-0.3, -0.25) is 0 Å². The molecule has 4 nitrogen and oxygen atoms in total. The van der Waals surface area contributed by atoms with Crippen LogP contribution < -0.4 is 5.32 Å². The summed E-state index contributed by atoms with van der Waals surface area (Å²) in [7, 11) is 0. The smallest absolute Gasteiger partial charge is 0.180 e. The second-order valence-electron chi connectivity index (χ2n) is 6.00. The molecule has 0 spiro atoms. The molecule has 0 atom stereocenters. The molecule has 0 saturated heterocycles. The SMILES string of the molecule is CCNc1nc(-c2cccc(C)n2)nc(C(C)(C)C)c1I. The van der Waals surface area contributed by atoms with Gasteiger partial charge >= 0.3 is 0 Å². The van der Waals surface area contributed by atoms with E-state index in [1.54, 1.807) is 0 Å². The van der Waals surface area contributed by atoms with Crippen LogP contribution in [0.4, 0.5) is 5.82 Å². The molecular weight excluding hydrogens is 375 g/mol. The summed E-state index contributed by atoms with van der Waals surface area (Å²) < 4.78 is 1.08. The largest absolute Gasteiger partial charge is 0.369 e. The second-order valence-corrected chi connectivity index (χ2v) is 7.08. The molecule has 112 valence electrons. The highest BCUT2D eigenvalue weighted by Crippen LogP contribution is 2.31. The third-order valence-electron chi connectivity index (χ3n) is 3.02. The van der Waals surface area contributed by atoms with Gasteiger partial charge in [-0.05, 0) is 48.6 Å². The van der Waals surface area contributed by atoms with E-state index in [2.05, 4.69) is 65.6 Å². The molecule has 0 aliphatic carbocycles. The van der Waals surface area contributed by atoms with E-state index in [-0.39, 0.29) is 5.41 Å². The predicted molar refractivity (Wildman–Crippen MR) is 95.6 cm³/mol. The average molecular weight is 396 g/mol. The van der Waals surface area contributed by atoms with Gasteiger partial charge in [0.25, 0.3) is 0 Å². The van der Waals surface area contributed by atoms with Gasteiger partial charge in [0.15, 0.2) is 5.82 Å². The highest BCUT2D eigenvalue weighted by atomic mass is 127. The van der Waals surface area contributed by atoms with E-state index >= 15 is 0 Å². The van der Waals surface area contributed by atoms with E-state index in [1.165, 1.54) is 0 Å². The molecule has 2 aromatic heterocycles. The van der Waals surface area contributed by atoms with E-state index in [0.717, 1.165) is 33.0 Å². The van der Waals surface area contributed by atoms with Crippen LogP contribution in [0.5, 0.6) is 0 Å². The monoisotopic (exact) mass is 396 g/mol. The van der Waals surface area contributed by atoms with Crippen molar-refractivity contribution in [1.82, 2.24) is 15.0 Å². The third kappa shape index (κ3) is 3.70. The maximum absolute atomic E-state index is 4.78. The Morgan fingerprint density at radius 1 is 1.14 bits per heavy atom. The topological polar surface area (TPSA) is 50.7 Å². The first-order valence-corrected chi connectivity index (χ1v) is 8.16. The van der Waals surface area contributed by atoms with Crippen molar-refractivity contribution < 1.29 is 0 Å². The van der Waals surface area contributed by atoms with Crippen molar-refractivity contribution in [2.45, 2.75) is 40.0 Å². The number of nitrogens with one attached hydrogen (secondary N) is 1. The number of hydrogen-bond donors (Lipinski definition) is 1. The first kappa shape index (κ1) is 16.1. The normalized spacial score (nSPS) is 11.5. The number of nitrogens with zero attached hydrogens (tertiary/aromatic N) is 3. The molecule has 0 aliphatic rings. The lowest BCUT2D eigenvalue weighted by molar-refractivity contribution is 0.564. The van der Waals surface area contributed by atoms with Crippen molar-refractivity contribution >= 4 is 28.4 Å². The van der Waals surface area contributed by atoms with Crippen molar-refractivity contribution in [2.75, 3.05) is 11.9 Å². The van der Waals surface area contributed by atoms with Crippen molar-refractivity contribution in [2.24, 2.45) is 0 Å². The number of anilines is 1. The highest BCUT2D eigenvalue weighted by molar-refractivity contribution is 14.1. The number of aromatic nitrogens is 3. The lowest BCUT2D eigenvalue weighted by Gasteiger charge is -2.22. The van der Waals surface area contributed by atoms with Gasteiger partial charge in [0.1, 0.15) is 11.5 Å². The Morgan fingerprint density at radius 3 is 2.43 bits per heavy atom. The molecule has 2 aromatic rings. The minimum atomic E-state index is -0.0395.